The third-order valence-corrected chi connectivity index (χ3v) is 11.2. The second-order valence-electron chi connectivity index (χ2n) is 17.5. The smallest absolute Gasteiger partial charge is 0.408 e. The van der Waals surface area contributed by atoms with Crippen LogP contribution in [0.3, 0.4) is 0 Å². The molecule has 4 unspecified atom stereocenters. The fourth-order valence-corrected chi connectivity index (χ4v) is 8.20. The molecule has 0 radical (unpaired) electrons. The van der Waals surface area contributed by atoms with Crippen LogP contribution in [0.15, 0.2) is 36.0 Å². The Balaban J connectivity index is 1.85. The van der Waals surface area contributed by atoms with Crippen LogP contribution in [-0.4, -0.2) is 125 Å². The first-order valence-electron chi connectivity index (χ1n) is 21.9. The second kappa shape index (κ2) is 24.2. The number of nitrogens with zero attached hydrogens (tertiary/aromatic N) is 2. The number of rotatable bonds is 21. The number of alkyl halides is 3. The maximum absolute atomic E-state index is 14.4. The summed E-state index contributed by atoms with van der Waals surface area (Å²) >= 11 is 0. The minimum absolute atomic E-state index is 0.000207. The number of ketones is 1. The van der Waals surface area contributed by atoms with Gasteiger partial charge in [-0.15, -0.1) is 0 Å². The molecule has 5 N–H and O–H groups in total. The predicted octanol–water partition coefficient (Wildman–Crippen LogP) is 4.54. The van der Waals surface area contributed by atoms with Gasteiger partial charge in [-0.3, -0.25) is 28.8 Å². The van der Waals surface area contributed by atoms with Crippen molar-refractivity contribution >= 4 is 41.4 Å². The normalized spacial score (nSPS) is 19.7. The zero-order valence-electron chi connectivity index (χ0n) is 37.0. The highest BCUT2D eigenvalue weighted by atomic mass is 19.4. The summed E-state index contributed by atoms with van der Waals surface area (Å²) in [4.78, 5) is 97.9. The average Bonchev–Trinajstić information content (AvgIpc) is 3.41. The molecule has 2 fully saturated rings. The highest BCUT2D eigenvalue weighted by molar-refractivity contribution is 6.38. The molecule has 5 atom stereocenters. The summed E-state index contributed by atoms with van der Waals surface area (Å²) in [6.45, 7) is 7.92. The number of alkyl carbamates (subject to hydrolysis) is 1. The molecule has 1 aliphatic heterocycles. The van der Waals surface area contributed by atoms with Crippen LogP contribution in [0.4, 0.5) is 18.0 Å². The minimum Gasteiger partial charge on any atom is -0.447 e. The number of likely N-dealkylation sites (tertiary alicyclic amines) is 1. The molecule has 1 saturated heterocycles. The van der Waals surface area contributed by atoms with Gasteiger partial charge in [-0.05, 0) is 90.0 Å². The minimum atomic E-state index is -4.79. The quantitative estimate of drug-likeness (QED) is 0.0811. The summed E-state index contributed by atoms with van der Waals surface area (Å²) in [7, 11) is 1.61. The molecule has 1 heterocycles. The number of hydrogen-bond donors (Lipinski definition) is 5. The van der Waals surface area contributed by atoms with Crippen LogP contribution >= 0.6 is 0 Å². The fraction of sp³-hybridized carbons (Fsp3) is 0.705. The molecule has 3 rings (SSSR count). The standard InChI is InChI=1S/C44H67F3N6O9/c1-7-8-16-24-52(6)40(58)34(29-17-12-9-10-13-18-29)50-33(54)27-48-39(57)37(55)32(21-23-44(45,46)47)49-38(56)36-31(26-43(4,5)61)22-25-53(36)41(59)35(30-19-14-11-15-20-30)51-42(60)62-28(2)3/h9-10,12,17-18,28,30-32,34-36,61H,7-8,11,13-16,19-27H2,1-6H3,(H,48,57)(H,49,56)(H,50,54)(H,51,60)/t31-,32?,34?,35?,36?/m1/s1. The Morgan fingerprint density at radius 1 is 0.968 bits per heavy atom. The molecular weight excluding hydrogens is 814 g/mol. The molecule has 3 aliphatic rings. The zero-order chi connectivity index (χ0) is 46.2. The van der Waals surface area contributed by atoms with E-state index in [-0.39, 0.29) is 25.3 Å². The third kappa shape index (κ3) is 16.9. The Hall–Kier alpha value is -4.74. The molecule has 18 heteroatoms. The van der Waals surface area contributed by atoms with E-state index in [0.717, 1.165) is 38.5 Å². The molecule has 2 aliphatic carbocycles. The Morgan fingerprint density at radius 3 is 2.29 bits per heavy atom. The maximum atomic E-state index is 14.4. The van der Waals surface area contributed by atoms with Crippen molar-refractivity contribution in [3.63, 3.8) is 0 Å². The molecular formula is C44H67F3N6O9. The number of halogens is 3. The van der Waals surface area contributed by atoms with E-state index in [9.17, 15) is 51.8 Å². The van der Waals surface area contributed by atoms with E-state index in [0.29, 0.717) is 31.4 Å². The molecule has 0 spiro atoms. The molecule has 0 bridgehead atoms. The van der Waals surface area contributed by atoms with Gasteiger partial charge in [0.25, 0.3) is 5.91 Å². The molecule has 6 amide bonds. The maximum Gasteiger partial charge on any atom is 0.408 e. The lowest BCUT2D eigenvalue weighted by Gasteiger charge is -2.36. The first kappa shape index (κ1) is 51.6. The van der Waals surface area contributed by atoms with Gasteiger partial charge in [0.15, 0.2) is 0 Å². The Bertz CT molecular complexity index is 1670. The van der Waals surface area contributed by atoms with Crippen LogP contribution in [0.25, 0.3) is 0 Å². The van der Waals surface area contributed by atoms with Gasteiger partial charge in [-0.1, -0.05) is 69.4 Å². The van der Waals surface area contributed by atoms with Crippen molar-refractivity contribution in [3.8, 4) is 0 Å². The van der Waals surface area contributed by atoms with Gasteiger partial charge >= 0.3 is 12.3 Å². The van der Waals surface area contributed by atoms with Crippen molar-refractivity contribution in [2.75, 3.05) is 26.7 Å². The van der Waals surface area contributed by atoms with Gasteiger partial charge in [-0.25, -0.2) is 4.79 Å². The lowest BCUT2D eigenvalue weighted by atomic mass is 9.83. The molecule has 0 aromatic heterocycles. The number of carbonyl (C=O) groups is 7. The van der Waals surface area contributed by atoms with E-state index in [1.807, 2.05) is 13.0 Å². The highest BCUT2D eigenvalue weighted by Crippen LogP contribution is 2.35. The number of nitrogens with one attached hydrogen (secondary N) is 4. The molecule has 1 saturated carbocycles. The zero-order valence-corrected chi connectivity index (χ0v) is 37.0. The molecule has 348 valence electrons. The van der Waals surface area contributed by atoms with Crippen molar-refractivity contribution in [2.45, 2.75) is 160 Å². The summed E-state index contributed by atoms with van der Waals surface area (Å²) in [6.07, 6.45) is 7.05. The second-order valence-corrected chi connectivity index (χ2v) is 17.5. The van der Waals surface area contributed by atoms with E-state index >= 15 is 0 Å². The Kier molecular flexibility index (Phi) is 20.1. The van der Waals surface area contributed by atoms with Crippen LogP contribution in [0.1, 0.15) is 118 Å². The van der Waals surface area contributed by atoms with Crippen LogP contribution < -0.4 is 21.3 Å². The topological polar surface area (TPSA) is 204 Å². The highest BCUT2D eigenvalue weighted by Gasteiger charge is 2.48. The van der Waals surface area contributed by atoms with Gasteiger partial charge in [0, 0.05) is 26.6 Å². The van der Waals surface area contributed by atoms with E-state index < -0.39 is 109 Å². The Labute approximate surface area is 363 Å². The van der Waals surface area contributed by atoms with E-state index in [1.54, 1.807) is 45.2 Å². The number of carbonyl (C=O) groups excluding carboxylic acids is 7. The largest absolute Gasteiger partial charge is 0.447 e. The number of allylic oxidation sites excluding steroid dienone is 4. The summed E-state index contributed by atoms with van der Waals surface area (Å²) in [5, 5.41) is 20.5. The average molecular weight is 881 g/mol. The Morgan fingerprint density at radius 2 is 1.66 bits per heavy atom. The van der Waals surface area contributed by atoms with E-state index in [4.69, 9.17) is 4.74 Å². The number of Topliss-reactive ketones (excluding diaryl/α,β-unsaturated/α-hetero) is 1. The third-order valence-electron chi connectivity index (χ3n) is 11.2. The number of ether oxygens (including phenoxy) is 1. The van der Waals surface area contributed by atoms with Crippen molar-refractivity contribution in [1.82, 2.24) is 31.1 Å². The van der Waals surface area contributed by atoms with E-state index in [1.165, 1.54) is 23.6 Å². The first-order chi connectivity index (χ1) is 29.1. The lowest BCUT2D eigenvalue weighted by molar-refractivity contribution is -0.148. The van der Waals surface area contributed by atoms with Crippen LogP contribution in [0.5, 0.6) is 0 Å². The van der Waals surface area contributed by atoms with Gasteiger partial charge in [0.1, 0.15) is 18.1 Å². The number of likely N-dealkylation sites (N-methyl/N-ethyl adjacent to an activating group) is 1. The molecule has 0 aromatic rings. The predicted molar refractivity (Wildman–Crippen MR) is 225 cm³/mol. The lowest BCUT2D eigenvalue weighted by Crippen LogP contribution is -2.59. The van der Waals surface area contributed by atoms with E-state index in [2.05, 4.69) is 21.3 Å². The SMILES string of the molecule is CCCCCN(C)C(=O)C(NC(=O)CNC(=O)C(=O)C(CCC(F)(F)F)NC(=O)C1[C@@H](CC(C)(C)O)CCN1C(=O)C(NC(=O)OC(C)C)C1CCCCC1)C1=CCC=CC=C1. The van der Waals surface area contributed by atoms with Crippen molar-refractivity contribution in [3.05, 3.63) is 36.0 Å². The van der Waals surface area contributed by atoms with Crippen LogP contribution in [0.2, 0.25) is 0 Å². The number of unbranched alkanes of at least 4 members (excludes halogenated alkanes) is 2. The summed E-state index contributed by atoms with van der Waals surface area (Å²) in [5.41, 5.74) is -0.851. The van der Waals surface area contributed by atoms with Crippen LogP contribution in [0, 0.1) is 11.8 Å². The van der Waals surface area contributed by atoms with Crippen molar-refractivity contribution in [2.24, 2.45) is 11.8 Å². The van der Waals surface area contributed by atoms with Gasteiger partial charge in [0.2, 0.25) is 29.4 Å². The van der Waals surface area contributed by atoms with Gasteiger partial charge < -0.3 is 40.9 Å². The van der Waals surface area contributed by atoms with Crippen molar-refractivity contribution < 1.29 is 56.6 Å². The molecule has 15 nitrogen and oxygen atoms in total. The van der Waals surface area contributed by atoms with Crippen molar-refractivity contribution in [1.29, 1.82) is 0 Å². The van der Waals surface area contributed by atoms with Gasteiger partial charge in [0.05, 0.1) is 24.3 Å². The summed E-state index contributed by atoms with van der Waals surface area (Å²) < 4.78 is 46.1. The monoisotopic (exact) mass is 880 g/mol. The first-order valence-corrected chi connectivity index (χ1v) is 21.9. The summed E-state index contributed by atoms with van der Waals surface area (Å²) in [6, 6.07) is -5.66. The number of hydrogen-bond acceptors (Lipinski definition) is 9. The van der Waals surface area contributed by atoms with Crippen LogP contribution in [-0.2, 0) is 33.5 Å². The summed E-state index contributed by atoms with van der Waals surface area (Å²) in [5.74, 6) is -6.85. The number of aliphatic hydroxyl groups is 1. The molecule has 62 heavy (non-hydrogen) atoms. The van der Waals surface area contributed by atoms with Gasteiger partial charge in [-0.2, -0.15) is 13.2 Å². The fourth-order valence-electron chi connectivity index (χ4n) is 8.20. The molecule has 0 aromatic carbocycles. The number of amides is 6.